The van der Waals surface area contributed by atoms with E-state index in [1.165, 1.54) is 0 Å². The Morgan fingerprint density at radius 3 is 2.73 bits per heavy atom. The molecule has 1 aromatic heterocycles. The van der Waals surface area contributed by atoms with Gasteiger partial charge >= 0.3 is 0 Å². The highest BCUT2D eigenvalue weighted by atomic mass is 35.5. The molecule has 0 bridgehead atoms. The fraction of sp³-hybridized carbons (Fsp3) is 0.375. The number of nitrogens with one attached hydrogen (secondary N) is 1. The Morgan fingerprint density at radius 1 is 1.41 bits per heavy atom. The van der Waals surface area contributed by atoms with Crippen LogP contribution in [0.3, 0.4) is 0 Å². The normalized spacial score (nSPS) is 12.0. The molecule has 0 aliphatic carbocycles. The lowest BCUT2D eigenvalue weighted by Gasteiger charge is -2.19. The topological polar surface area (TPSA) is 64.4 Å². The Labute approximate surface area is 134 Å². The average Bonchev–Trinajstić information content (AvgIpc) is 2.84. The molecule has 1 heterocycles. The van der Waals surface area contributed by atoms with Crippen LogP contribution in [-0.4, -0.2) is 23.7 Å². The first kappa shape index (κ1) is 16.4. The van der Waals surface area contributed by atoms with Crippen molar-refractivity contribution in [1.29, 1.82) is 0 Å². The molecule has 0 radical (unpaired) electrons. The predicted octanol–water partition coefficient (Wildman–Crippen LogP) is 3.53. The quantitative estimate of drug-likeness (QED) is 0.883. The molecule has 0 spiro atoms. The van der Waals surface area contributed by atoms with Crippen LogP contribution in [0, 0.1) is 13.8 Å². The Bertz CT molecular complexity index is 635. The van der Waals surface area contributed by atoms with Crippen LogP contribution in [0.15, 0.2) is 28.8 Å². The van der Waals surface area contributed by atoms with Gasteiger partial charge in [-0.1, -0.05) is 35.8 Å². The van der Waals surface area contributed by atoms with Crippen LogP contribution >= 0.6 is 11.6 Å². The molecule has 0 fully saturated rings. The van der Waals surface area contributed by atoms with E-state index >= 15 is 0 Å². The summed E-state index contributed by atoms with van der Waals surface area (Å²) in [5, 5.41) is 7.18. The van der Waals surface area contributed by atoms with E-state index in [0.29, 0.717) is 34.3 Å². The number of para-hydroxylation sites is 1. The number of hydrogen-bond acceptors (Lipinski definition) is 4. The van der Waals surface area contributed by atoms with Crippen molar-refractivity contribution in [3.63, 3.8) is 0 Å². The number of carbonyl (C=O) groups is 1. The fourth-order valence-electron chi connectivity index (χ4n) is 2.09. The van der Waals surface area contributed by atoms with Gasteiger partial charge in [0.2, 0.25) is 0 Å². The molecule has 0 saturated carbocycles. The van der Waals surface area contributed by atoms with Crippen LogP contribution in [0.4, 0.5) is 0 Å². The van der Waals surface area contributed by atoms with Gasteiger partial charge in [0.15, 0.2) is 0 Å². The smallest absolute Gasteiger partial charge is 0.256 e. The minimum absolute atomic E-state index is 0.163. The van der Waals surface area contributed by atoms with E-state index in [1.54, 1.807) is 26.0 Å². The van der Waals surface area contributed by atoms with Gasteiger partial charge in [0, 0.05) is 0 Å². The summed E-state index contributed by atoms with van der Waals surface area (Å²) >= 11 is 6.08. The number of aryl methyl sites for hydroxylation is 2. The molecule has 1 atom stereocenters. The van der Waals surface area contributed by atoms with Gasteiger partial charge in [-0.15, -0.1) is 0 Å². The van der Waals surface area contributed by atoms with E-state index in [1.807, 2.05) is 19.1 Å². The lowest BCUT2D eigenvalue weighted by molar-refractivity contribution is 0.0924. The fourth-order valence-corrected chi connectivity index (χ4v) is 2.27. The monoisotopic (exact) mass is 322 g/mol. The van der Waals surface area contributed by atoms with Gasteiger partial charge in [0.05, 0.1) is 17.3 Å². The summed E-state index contributed by atoms with van der Waals surface area (Å²) in [6.07, 6.45) is 0.580. The third-order valence-electron chi connectivity index (χ3n) is 3.34. The van der Waals surface area contributed by atoms with Gasteiger partial charge in [0.1, 0.15) is 23.2 Å². The summed E-state index contributed by atoms with van der Waals surface area (Å²) < 4.78 is 10.8. The average molecular weight is 323 g/mol. The molecule has 0 aliphatic heterocycles. The molecule has 6 heteroatoms. The molecule has 1 aromatic carbocycles. The molecule has 2 rings (SSSR count). The molecule has 5 nitrogen and oxygen atoms in total. The number of aromatic nitrogens is 1. The van der Waals surface area contributed by atoms with Gasteiger partial charge in [-0.2, -0.15) is 0 Å². The highest BCUT2D eigenvalue weighted by Crippen LogP contribution is 2.24. The Balaban J connectivity index is 1.97. The molecular weight excluding hydrogens is 304 g/mol. The molecule has 0 aliphatic rings. The van der Waals surface area contributed by atoms with E-state index in [4.69, 9.17) is 20.9 Å². The first-order chi connectivity index (χ1) is 10.5. The zero-order valence-corrected chi connectivity index (χ0v) is 13.6. The third-order valence-corrected chi connectivity index (χ3v) is 3.65. The van der Waals surface area contributed by atoms with Crippen molar-refractivity contribution < 1.29 is 14.1 Å². The Kier molecular flexibility index (Phi) is 5.44. The minimum atomic E-state index is -0.211. The van der Waals surface area contributed by atoms with Crippen molar-refractivity contribution in [1.82, 2.24) is 10.5 Å². The maximum absolute atomic E-state index is 12.2. The van der Waals surface area contributed by atoms with E-state index in [-0.39, 0.29) is 12.0 Å². The maximum Gasteiger partial charge on any atom is 0.256 e. The van der Waals surface area contributed by atoms with Gasteiger partial charge in [-0.05, 0) is 32.4 Å². The summed E-state index contributed by atoms with van der Waals surface area (Å²) in [5.74, 6) is 0.912. The summed E-state index contributed by atoms with van der Waals surface area (Å²) in [6.45, 7) is 5.82. The van der Waals surface area contributed by atoms with Crippen molar-refractivity contribution in [3.05, 3.63) is 46.3 Å². The Morgan fingerprint density at radius 2 is 2.14 bits per heavy atom. The zero-order valence-electron chi connectivity index (χ0n) is 12.9. The second-order valence-corrected chi connectivity index (χ2v) is 5.39. The largest absolute Gasteiger partial charge is 0.487 e. The van der Waals surface area contributed by atoms with Crippen LogP contribution in [0.5, 0.6) is 5.75 Å². The van der Waals surface area contributed by atoms with E-state index in [2.05, 4.69) is 10.5 Å². The molecule has 22 heavy (non-hydrogen) atoms. The SMILES string of the molecule is CC[C@H](CNC(=O)c1c(C)noc1C)Oc1ccccc1Cl. The molecule has 1 N–H and O–H groups in total. The standard InChI is InChI=1S/C16H19ClN2O3/c1-4-12(21-14-8-6-5-7-13(14)17)9-18-16(20)15-10(2)19-22-11(15)3/h5-8,12H,4,9H2,1-3H3,(H,18,20)/t12-/m1/s1. The highest BCUT2D eigenvalue weighted by molar-refractivity contribution is 6.32. The van der Waals surface area contributed by atoms with Crippen molar-refractivity contribution in [2.24, 2.45) is 0 Å². The molecule has 0 saturated heterocycles. The van der Waals surface area contributed by atoms with Gasteiger partial charge in [0.25, 0.3) is 5.91 Å². The molecule has 118 valence electrons. The number of carbonyl (C=O) groups excluding carboxylic acids is 1. The molecule has 2 aromatic rings. The summed E-state index contributed by atoms with van der Waals surface area (Å²) in [6, 6.07) is 7.28. The van der Waals surface area contributed by atoms with Crippen LogP contribution in [0.2, 0.25) is 5.02 Å². The number of rotatable bonds is 6. The number of nitrogens with zero attached hydrogens (tertiary/aromatic N) is 1. The summed E-state index contributed by atoms with van der Waals surface area (Å²) in [7, 11) is 0. The zero-order chi connectivity index (χ0) is 16.1. The van der Waals surface area contributed by atoms with Gasteiger partial charge in [-0.25, -0.2) is 0 Å². The molecular formula is C16H19ClN2O3. The molecule has 0 unspecified atom stereocenters. The van der Waals surface area contributed by atoms with Crippen LogP contribution < -0.4 is 10.1 Å². The van der Waals surface area contributed by atoms with Crippen LogP contribution in [0.25, 0.3) is 0 Å². The van der Waals surface area contributed by atoms with Gasteiger partial charge < -0.3 is 14.6 Å². The maximum atomic E-state index is 12.2. The molecule has 1 amide bonds. The third kappa shape index (κ3) is 3.80. The first-order valence-electron chi connectivity index (χ1n) is 7.15. The lowest BCUT2D eigenvalue weighted by Crippen LogP contribution is -2.35. The van der Waals surface area contributed by atoms with Crippen molar-refractivity contribution >= 4 is 17.5 Å². The van der Waals surface area contributed by atoms with E-state index in [0.717, 1.165) is 6.42 Å². The predicted molar refractivity (Wildman–Crippen MR) is 84.5 cm³/mol. The summed E-state index contributed by atoms with van der Waals surface area (Å²) in [5.41, 5.74) is 1.06. The second-order valence-electron chi connectivity index (χ2n) is 4.99. The van der Waals surface area contributed by atoms with Crippen molar-refractivity contribution in [3.8, 4) is 5.75 Å². The first-order valence-corrected chi connectivity index (χ1v) is 7.53. The lowest BCUT2D eigenvalue weighted by atomic mass is 10.2. The Hall–Kier alpha value is -2.01. The van der Waals surface area contributed by atoms with Crippen molar-refractivity contribution in [2.45, 2.75) is 33.3 Å². The number of benzene rings is 1. The van der Waals surface area contributed by atoms with E-state index < -0.39 is 0 Å². The van der Waals surface area contributed by atoms with E-state index in [9.17, 15) is 4.79 Å². The van der Waals surface area contributed by atoms with Crippen LogP contribution in [0.1, 0.15) is 35.2 Å². The number of hydrogen-bond donors (Lipinski definition) is 1. The van der Waals surface area contributed by atoms with Crippen molar-refractivity contribution in [2.75, 3.05) is 6.54 Å². The minimum Gasteiger partial charge on any atom is -0.487 e. The number of ether oxygens (including phenoxy) is 1. The number of amides is 1. The van der Waals surface area contributed by atoms with Gasteiger partial charge in [-0.3, -0.25) is 4.79 Å². The van der Waals surface area contributed by atoms with Crippen LogP contribution in [-0.2, 0) is 0 Å². The highest BCUT2D eigenvalue weighted by Gasteiger charge is 2.19. The summed E-state index contributed by atoms with van der Waals surface area (Å²) in [4.78, 5) is 12.2. The number of halogens is 1. The second kappa shape index (κ2) is 7.31.